The zero-order chi connectivity index (χ0) is 33.2. The lowest BCUT2D eigenvalue weighted by Crippen LogP contribution is -2.45. The van der Waals surface area contributed by atoms with Gasteiger partial charge >= 0.3 is 12.0 Å². The first kappa shape index (κ1) is 34.0. The lowest BCUT2D eigenvalue weighted by Gasteiger charge is -2.28. The van der Waals surface area contributed by atoms with Crippen LogP contribution in [0.4, 0.5) is 9.18 Å². The molecule has 0 saturated carbocycles. The number of nitrogens with zero attached hydrogens (tertiary/aromatic N) is 1. The summed E-state index contributed by atoms with van der Waals surface area (Å²) in [6.07, 6.45) is 1.42. The van der Waals surface area contributed by atoms with E-state index in [-0.39, 0.29) is 36.1 Å². The average molecular weight is 747 g/mol. The van der Waals surface area contributed by atoms with Crippen LogP contribution in [-0.4, -0.2) is 51.6 Å². The minimum atomic E-state index is -0.794. The van der Waals surface area contributed by atoms with Crippen LogP contribution in [0.5, 0.6) is 23.0 Å². The van der Waals surface area contributed by atoms with Gasteiger partial charge in [0.15, 0.2) is 29.6 Å². The molecule has 4 rings (SSSR count). The van der Waals surface area contributed by atoms with Crippen molar-refractivity contribution in [2.45, 2.75) is 26.5 Å². The second-order valence-corrected chi connectivity index (χ2v) is 11.0. The van der Waals surface area contributed by atoms with Crippen molar-refractivity contribution in [3.8, 4) is 23.0 Å². The number of hydrazone groups is 1. The average Bonchev–Trinajstić information content (AvgIpc) is 3.03. The van der Waals surface area contributed by atoms with E-state index in [9.17, 15) is 18.8 Å². The van der Waals surface area contributed by atoms with Crippen LogP contribution < -0.4 is 35.0 Å². The van der Waals surface area contributed by atoms with Crippen LogP contribution in [0, 0.1) is 9.39 Å². The molecule has 1 heterocycles. The molecular formula is C32H32FIN4O8. The van der Waals surface area contributed by atoms with Crippen LogP contribution in [0.3, 0.4) is 0 Å². The number of halogens is 2. The summed E-state index contributed by atoms with van der Waals surface area (Å²) in [5, 5.41) is 9.36. The smallest absolute Gasteiger partial charge is 0.338 e. The highest BCUT2D eigenvalue weighted by molar-refractivity contribution is 14.1. The molecule has 3 aromatic rings. The van der Waals surface area contributed by atoms with Gasteiger partial charge in [-0.05, 0) is 84.0 Å². The van der Waals surface area contributed by atoms with Gasteiger partial charge < -0.3 is 34.3 Å². The van der Waals surface area contributed by atoms with E-state index < -0.39 is 30.6 Å². The van der Waals surface area contributed by atoms with Gasteiger partial charge in [-0.25, -0.2) is 19.4 Å². The highest BCUT2D eigenvalue weighted by atomic mass is 127. The molecule has 0 aliphatic carbocycles. The number of rotatable bonds is 13. The number of amides is 3. The number of allylic oxidation sites excluding steroid dienone is 1. The Hall–Kier alpha value is -4.86. The Morgan fingerprint density at radius 1 is 1.02 bits per heavy atom. The van der Waals surface area contributed by atoms with Crippen molar-refractivity contribution in [3.05, 3.63) is 91.9 Å². The van der Waals surface area contributed by atoms with E-state index in [2.05, 4.69) is 43.8 Å². The third kappa shape index (κ3) is 8.65. The third-order valence-corrected chi connectivity index (χ3v) is 7.22. The van der Waals surface area contributed by atoms with Gasteiger partial charge in [0.1, 0.15) is 12.4 Å². The van der Waals surface area contributed by atoms with E-state index in [1.54, 1.807) is 56.3 Å². The maximum Gasteiger partial charge on any atom is 0.338 e. The minimum absolute atomic E-state index is 0.156. The second-order valence-electron chi connectivity index (χ2n) is 9.72. The van der Waals surface area contributed by atoms with Gasteiger partial charge in [0.2, 0.25) is 0 Å². The SMILES string of the molecule is CCOC(=O)C1=C(C)NC(=O)N[C@H]1c1ccc(OCC(=O)N/N=C/c2cc(I)cc(OC)c2OCc2ccc(F)cc2)c(OC)c1. The maximum atomic E-state index is 13.3. The lowest BCUT2D eigenvalue weighted by molar-refractivity contribution is -0.139. The number of carbonyl (C=O) groups excluding carboxylic acids is 3. The van der Waals surface area contributed by atoms with Crippen LogP contribution in [0.25, 0.3) is 0 Å². The van der Waals surface area contributed by atoms with E-state index in [0.29, 0.717) is 28.3 Å². The van der Waals surface area contributed by atoms with E-state index in [1.807, 2.05) is 0 Å². The second kappa shape index (κ2) is 15.9. The maximum absolute atomic E-state index is 13.3. The first-order valence-corrected chi connectivity index (χ1v) is 15.0. The normalized spacial score (nSPS) is 14.3. The minimum Gasteiger partial charge on any atom is -0.493 e. The molecular weight excluding hydrogens is 714 g/mol. The first-order chi connectivity index (χ1) is 22.1. The summed E-state index contributed by atoms with van der Waals surface area (Å²) in [7, 11) is 2.94. The van der Waals surface area contributed by atoms with Gasteiger partial charge in [-0.15, -0.1) is 0 Å². The van der Waals surface area contributed by atoms with Gasteiger partial charge in [-0.1, -0.05) is 18.2 Å². The Morgan fingerprint density at radius 2 is 1.76 bits per heavy atom. The van der Waals surface area contributed by atoms with Crippen molar-refractivity contribution in [3.63, 3.8) is 0 Å². The summed E-state index contributed by atoms with van der Waals surface area (Å²) in [6.45, 7) is 3.24. The molecule has 3 amide bonds. The number of esters is 1. The molecule has 12 nitrogen and oxygen atoms in total. The monoisotopic (exact) mass is 746 g/mol. The Bertz CT molecular complexity index is 1660. The molecule has 0 spiro atoms. The molecule has 14 heteroatoms. The summed E-state index contributed by atoms with van der Waals surface area (Å²) < 4.78 is 41.9. The van der Waals surface area contributed by atoms with Crippen LogP contribution in [-0.2, 0) is 20.9 Å². The predicted octanol–water partition coefficient (Wildman–Crippen LogP) is 4.75. The van der Waals surface area contributed by atoms with Crippen LogP contribution in [0.1, 0.15) is 36.6 Å². The molecule has 0 fully saturated rings. The van der Waals surface area contributed by atoms with E-state index in [0.717, 1.165) is 9.13 Å². The fourth-order valence-corrected chi connectivity index (χ4v) is 5.10. The first-order valence-electron chi connectivity index (χ1n) is 14.0. The standard InChI is InChI=1S/C32H32FIN4O8/c1-5-44-31(40)28-18(2)36-32(41)37-29(28)20-8-11-24(25(13-20)42-3)45-17-27(39)38-35-15-21-12-23(34)14-26(43-4)30(21)46-16-19-6-9-22(33)10-7-19/h6-15,29H,5,16-17H2,1-4H3,(H,38,39)(H2,36,37,41)/b35-15+/t29-/m0/s1. The van der Waals surface area contributed by atoms with Crippen LogP contribution in [0.15, 0.2) is 71.0 Å². The van der Waals surface area contributed by atoms with Crippen molar-refractivity contribution in [2.24, 2.45) is 5.10 Å². The number of urea groups is 1. The molecule has 1 atom stereocenters. The quantitative estimate of drug-likeness (QED) is 0.0985. The van der Waals surface area contributed by atoms with Gasteiger partial charge in [-0.3, -0.25) is 4.79 Å². The zero-order valence-corrected chi connectivity index (χ0v) is 27.6. The van der Waals surface area contributed by atoms with Crippen LogP contribution >= 0.6 is 22.6 Å². The Morgan fingerprint density at radius 3 is 2.46 bits per heavy atom. The van der Waals surface area contributed by atoms with E-state index in [4.69, 9.17) is 23.7 Å². The fourth-order valence-electron chi connectivity index (χ4n) is 4.48. The third-order valence-electron chi connectivity index (χ3n) is 6.60. The van der Waals surface area contributed by atoms with E-state index in [1.165, 1.54) is 32.6 Å². The van der Waals surface area contributed by atoms with Crippen molar-refractivity contribution >= 4 is 46.7 Å². The zero-order valence-electron chi connectivity index (χ0n) is 25.4. The van der Waals surface area contributed by atoms with Crippen LogP contribution in [0.2, 0.25) is 0 Å². The molecule has 0 radical (unpaired) electrons. The number of carbonyl (C=O) groups is 3. The number of hydrogen-bond donors (Lipinski definition) is 3. The molecule has 0 unspecified atom stereocenters. The predicted molar refractivity (Wildman–Crippen MR) is 174 cm³/mol. The highest BCUT2D eigenvalue weighted by Gasteiger charge is 2.32. The summed E-state index contributed by atoms with van der Waals surface area (Å²) in [5.74, 6) is -0.0777. The lowest BCUT2D eigenvalue weighted by atomic mass is 9.95. The van der Waals surface area contributed by atoms with Crippen molar-refractivity contribution in [1.82, 2.24) is 16.1 Å². The number of nitrogens with one attached hydrogen (secondary N) is 3. The summed E-state index contributed by atoms with van der Waals surface area (Å²) in [6, 6.07) is 13.1. The molecule has 46 heavy (non-hydrogen) atoms. The van der Waals surface area contributed by atoms with Crippen molar-refractivity contribution in [1.29, 1.82) is 0 Å². The van der Waals surface area contributed by atoms with Gasteiger partial charge in [0.05, 0.1) is 38.7 Å². The molecule has 0 saturated heterocycles. The molecule has 3 aromatic carbocycles. The molecule has 3 N–H and O–H groups in total. The summed E-state index contributed by atoms with van der Waals surface area (Å²) >= 11 is 2.13. The topological polar surface area (TPSA) is 146 Å². The Balaban J connectivity index is 1.42. The van der Waals surface area contributed by atoms with Crippen molar-refractivity contribution in [2.75, 3.05) is 27.4 Å². The molecule has 242 valence electrons. The fraction of sp³-hybridized carbons (Fsp3) is 0.250. The van der Waals surface area contributed by atoms with Gasteiger partial charge in [-0.2, -0.15) is 5.10 Å². The van der Waals surface area contributed by atoms with E-state index >= 15 is 0 Å². The largest absolute Gasteiger partial charge is 0.493 e. The molecule has 1 aliphatic rings. The molecule has 1 aliphatic heterocycles. The summed E-state index contributed by atoms with van der Waals surface area (Å²) in [5.41, 5.74) is 4.89. The highest BCUT2D eigenvalue weighted by Crippen LogP contribution is 2.35. The van der Waals surface area contributed by atoms with Crippen molar-refractivity contribution < 1.29 is 42.5 Å². The Kier molecular flexibility index (Phi) is 11.8. The number of methoxy groups -OCH3 is 2. The molecule has 0 aromatic heterocycles. The Labute approximate surface area is 278 Å². The van der Waals surface area contributed by atoms with Gasteiger partial charge in [0, 0.05) is 14.8 Å². The number of hydrogen-bond acceptors (Lipinski definition) is 9. The van der Waals surface area contributed by atoms with Gasteiger partial charge in [0.25, 0.3) is 5.91 Å². The summed E-state index contributed by atoms with van der Waals surface area (Å²) in [4.78, 5) is 37.4. The number of ether oxygens (including phenoxy) is 5. The molecule has 0 bridgehead atoms. The number of benzene rings is 3.